The fourth-order valence-corrected chi connectivity index (χ4v) is 6.26. The molecule has 3 amide bonds. The molecule has 11 heteroatoms. The van der Waals surface area contributed by atoms with Crippen molar-refractivity contribution in [3.8, 4) is 6.07 Å². The predicted octanol–water partition coefficient (Wildman–Crippen LogP) is 2.47. The van der Waals surface area contributed by atoms with Gasteiger partial charge >= 0.3 is 12.1 Å². The van der Waals surface area contributed by atoms with Crippen molar-refractivity contribution in [2.45, 2.75) is 83.5 Å². The molecule has 2 unspecified atom stereocenters. The number of hydrogen-bond acceptors (Lipinski definition) is 7. The second kappa shape index (κ2) is 11.6. The Labute approximate surface area is 232 Å². The number of urea groups is 1. The lowest BCUT2D eigenvalue weighted by Gasteiger charge is -2.50. The summed E-state index contributed by atoms with van der Waals surface area (Å²) >= 11 is 0. The largest absolute Gasteiger partial charge is 0.329 e. The van der Waals surface area contributed by atoms with Crippen LogP contribution in [0.25, 0.3) is 0 Å². The molecule has 4 aliphatic rings. The Bertz CT molecular complexity index is 1120. The molecule has 0 bridgehead atoms. The highest BCUT2D eigenvalue weighted by atomic mass is 16.2. The number of hydrogen-bond donors (Lipinski definition) is 3. The first-order valence-electron chi connectivity index (χ1n) is 14.1. The average Bonchev–Trinajstić information content (AvgIpc) is 3.65. The number of allylic oxidation sites excluding steroid dienone is 1. The molecule has 4 fully saturated rings. The molecule has 5 heterocycles. The lowest BCUT2D eigenvalue weighted by atomic mass is 9.84. The van der Waals surface area contributed by atoms with E-state index in [0.717, 1.165) is 70.6 Å². The maximum atomic E-state index is 12.6. The number of carbonyl (C=O) groups is 2. The Morgan fingerprint density at radius 2 is 1.51 bits per heavy atom. The molecule has 39 heavy (non-hydrogen) atoms. The van der Waals surface area contributed by atoms with E-state index in [2.05, 4.69) is 54.3 Å². The van der Waals surface area contributed by atoms with Crippen LogP contribution in [0.2, 0.25) is 0 Å². The van der Waals surface area contributed by atoms with Crippen LogP contribution < -0.4 is 16.6 Å². The zero-order valence-electron chi connectivity index (χ0n) is 24.1. The molecule has 0 saturated carbocycles. The number of carbonyl (C=O) groups excluding carboxylic acids is 2. The van der Waals surface area contributed by atoms with E-state index in [1.165, 1.54) is 4.57 Å². The molecule has 1 aromatic heterocycles. The van der Waals surface area contributed by atoms with Gasteiger partial charge in [0.25, 0.3) is 0 Å². The molecule has 2 spiro atoms. The second-order valence-corrected chi connectivity index (χ2v) is 12.0. The standard InChI is InChI=1S/C15H20N4O.C13H25N5O/c1-12(2)17-8-5-15(11-17)6-9-19(15)14(20)18-7-3-4-13(18)10-16;1-10(2)17-6-4-13(9-17)5-7-18(13)12(19)15-8-11(3)16-14/h3-4,7,12H,5-6,8-9,11H2,1-2H3;8,10,16H,4-7,9,14H2,1-3H3,(H,15,19)/b;11-8-. The number of rotatable bonds is 4. The van der Waals surface area contributed by atoms with E-state index >= 15 is 0 Å². The summed E-state index contributed by atoms with van der Waals surface area (Å²) in [7, 11) is 0. The SMILES string of the molecule is C/C(=C/NC(=O)N1CCC12CCN(C(C)C)C2)NN.CC(C)N1CCC2(CCN2C(=O)n2cccc2C#N)C1. The molecule has 4 saturated heterocycles. The van der Waals surface area contributed by atoms with E-state index in [0.29, 0.717) is 17.8 Å². The minimum Gasteiger partial charge on any atom is -0.327 e. The Morgan fingerprint density at radius 1 is 0.974 bits per heavy atom. The minimum atomic E-state index is -0.0524. The number of nitrogens with one attached hydrogen (secondary N) is 2. The zero-order chi connectivity index (χ0) is 28.4. The molecule has 5 rings (SSSR count). The maximum absolute atomic E-state index is 12.6. The third-order valence-corrected chi connectivity index (χ3v) is 9.12. The van der Waals surface area contributed by atoms with Crippen LogP contribution in [0.5, 0.6) is 0 Å². The fourth-order valence-electron chi connectivity index (χ4n) is 6.26. The molecule has 0 radical (unpaired) electrons. The van der Waals surface area contributed by atoms with Crippen LogP contribution in [-0.4, -0.2) is 98.7 Å². The lowest BCUT2D eigenvalue weighted by Crippen LogP contribution is -2.65. The zero-order valence-corrected chi connectivity index (χ0v) is 24.1. The molecular weight excluding hydrogens is 494 g/mol. The van der Waals surface area contributed by atoms with E-state index in [-0.39, 0.29) is 23.1 Å². The second-order valence-electron chi connectivity index (χ2n) is 12.0. The summed E-state index contributed by atoms with van der Waals surface area (Å²) in [6, 6.07) is 6.50. The van der Waals surface area contributed by atoms with E-state index in [1.54, 1.807) is 24.5 Å². The highest BCUT2D eigenvalue weighted by molar-refractivity contribution is 5.80. The number of nitrogens with two attached hydrogens (primary N) is 1. The van der Waals surface area contributed by atoms with Crippen molar-refractivity contribution >= 4 is 12.1 Å². The number of hydrazine groups is 1. The number of likely N-dealkylation sites (tertiary alicyclic amines) is 4. The van der Waals surface area contributed by atoms with Gasteiger partial charge in [-0.3, -0.25) is 20.2 Å². The van der Waals surface area contributed by atoms with Gasteiger partial charge in [-0.1, -0.05) is 0 Å². The topological polar surface area (TPSA) is 126 Å². The summed E-state index contributed by atoms with van der Waals surface area (Å²) in [5.74, 6) is 5.26. The number of amides is 3. The van der Waals surface area contributed by atoms with Gasteiger partial charge in [-0.15, -0.1) is 0 Å². The summed E-state index contributed by atoms with van der Waals surface area (Å²) < 4.78 is 1.47. The summed E-state index contributed by atoms with van der Waals surface area (Å²) in [5, 5.41) is 11.8. The van der Waals surface area contributed by atoms with Gasteiger partial charge in [0.2, 0.25) is 0 Å². The Kier molecular flexibility index (Phi) is 8.59. The smallest absolute Gasteiger partial charge is 0.327 e. The Morgan fingerprint density at radius 3 is 1.95 bits per heavy atom. The monoisotopic (exact) mass is 539 g/mol. The van der Waals surface area contributed by atoms with Gasteiger partial charge in [-0.05, 0) is 72.4 Å². The van der Waals surface area contributed by atoms with Gasteiger partial charge in [-0.25, -0.2) is 9.59 Å². The van der Waals surface area contributed by atoms with Crippen LogP contribution in [0.1, 0.15) is 66.0 Å². The fraction of sp³-hybridized carbons (Fsp3) is 0.679. The van der Waals surface area contributed by atoms with Crippen LogP contribution in [0.4, 0.5) is 9.59 Å². The molecular formula is C28H45N9O2. The minimum absolute atomic E-state index is 0.00164. The van der Waals surface area contributed by atoms with Crippen molar-refractivity contribution in [3.63, 3.8) is 0 Å². The van der Waals surface area contributed by atoms with Gasteiger partial charge in [-0.2, -0.15) is 5.26 Å². The Hall–Kier alpha value is -3.07. The summed E-state index contributed by atoms with van der Waals surface area (Å²) in [6.07, 6.45) is 7.61. The highest BCUT2D eigenvalue weighted by Crippen LogP contribution is 2.41. The molecule has 214 valence electrons. The summed E-state index contributed by atoms with van der Waals surface area (Å²) in [4.78, 5) is 33.6. The highest BCUT2D eigenvalue weighted by Gasteiger charge is 2.53. The van der Waals surface area contributed by atoms with E-state index < -0.39 is 0 Å². The van der Waals surface area contributed by atoms with Gasteiger partial charge in [0, 0.05) is 69.4 Å². The predicted molar refractivity (Wildman–Crippen MR) is 150 cm³/mol. The van der Waals surface area contributed by atoms with Crippen LogP contribution in [0.3, 0.4) is 0 Å². The molecule has 4 aliphatic heterocycles. The van der Waals surface area contributed by atoms with Crippen molar-refractivity contribution in [2.75, 3.05) is 39.3 Å². The molecule has 1 aromatic rings. The number of aromatic nitrogens is 1. The molecule has 11 nitrogen and oxygen atoms in total. The first-order valence-corrected chi connectivity index (χ1v) is 14.1. The number of nitriles is 1. The third-order valence-electron chi connectivity index (χ3n) is 9.12. The summed E-state index contributed by atoms with van der Waals surface area (Å²) in [5.41, 5.74) is 3.71. The molecule has 2 atom stereocenters. The average molecular weight is 540 g/mol. The van der Waals surface area contributed by atoms with Crippen molar-refractivity contribution in [2.24, 2.45) is 5.84 Å². The van der Waals surface area contributed by atoms with Gasteiger partial charge < -0.3 is 20.5 Å². The number of nitrogens with zero attached hydrogens (tertiary/aromatic N) is 6. The van der Waals surface area contributed by atoms with E-state index in [4.69, 9.17) is 11.1 Å². The molecule has 4 N–H and O–H groups in total. The van der Waals surface area contributed by atoms with Gasteiger partial charge in [0.15, 0.2) is 0 Å². The normalized spacial score (nSPS) is 26.9. The first kappa shape index (κ1) is 28.9. The quantitative estimate of drug-likeness (QED) is 0.396. The van der Waals surface area contributed by atoms with Crippen LogP contribution in [0.15, 0.2) is 30.2 Å². The van der Waals surface area contributed by atoms with Crippen molar-refractivity contribution < 1.29 is 9.59 Å². The van der Waals surface area contributed by atoms with E-state index in [9.17, 15) is 9.59 Å². The van der Waals surface area contributed by atoms with Gasteiger partial charge in [0.05, 0.1) is 11.1 Å². The molecule has 0 aromatic carbocycles. The van der Waals surface area contributed by atoms with Crippen LogP contribution >= 0.6 is 0 Å². The van der Waals surface area contributed by atoms with Gasteiger partial charge in [0.1, 0.15) is 11.8 Å². The van der Waals surface area contributed by atoms with Crippen LogP contribution in [0, 0.1) is 11.3 Å². The first-order chi connectivity index (χ1) is 18.6. The van der Waals surface area contributed by atoms with E-state index in [1.807, 2.05) is 16.7 Å². The maximum Gasteiger partial charge on any atom is 0.329 e. The van der Waals surface area contributed by atoms with Crippen LogP contribution in [-0.2, 0) is 0 Å². The van der Waals surface area contributed by atoms with Crippen molar-refractivity contribution in [1.29, 1.82) is 5.26 Å². The third kappa shape index (κ3) is 5.64. The Balaban J connectivity index is 0.000000181. The molecule has 0 aliphatic carbocycles. The summed E-state index contributed by atoms with van der Waals surface area (Å²) in [6.45, 7) is 16.4. The van der Waals surface area contributed by atoms with Crippen molar-refractivity contribution in [3.05, 3.63) is 35.9 Å². The van der Waals surface area contributed by atoms with Crippen molar-refractivity contribution in [1.82, 2.24) is 34.9 Å². The lowest BCUT2D eigenvalue weighted by molar-refractivity contribution is 0.0287.